The lowest BCUT2D eigenvalue weighted by Gasteiger charge is -2.30. The Morgan fingerprint density at radius 2 is 2.19 bits per heavy atom. The molecule has 1 atom stereocenters. The molecule has 1 amide bonds. The van der Waals surface area contributed by atoms with Crippen molar-refractivity contribution in [1.29, 1.82) is 0 Å². The molecule has 0 saturated carbocycles. The van der Waals surface area contributed by atoms with Crippen LogP contribution in [0.3, 0.4) is 0 Å². The number of nitrogens with zero attached hydrogens (tertiary/aromatic N) is 1. The highest BCUT2D eigenvalue weighted by atomic mass is 19.1. The van der Waals surface area contributed by atoms with Gasteiger partial charge in [-0.05, 0) is 12.1 Å². The Kier molecular flexibility index (Phi) is 5.10. The molecule has 0 aromatic heterocycles. The van der Waals surface area contributed by atoms with Crippen molar-refractivity contribution >= 4 is 11.9 Å². The fourth-order valence-electron chi connectivity index (χ4n) is 1.99. The van der Waals surface area contributed by atoms with Gasteiger partial charge in [0, 0.05) is 6.54 Å². The third-order valence-electron chi connectivity index (χ3n) is 3.10. The van der Waals surface area contributed by atoms with Crippen molar-refractivity contribution in [3.63, 3.8) is 0 Å². The lowest BCUT2D eigenvalue weighted by molar-refractivity contribution is -0.159. The van der Waals surface area contributed by atoms with Crippen LogP contribution in [0.1, 0.15) is 6.42 Å². The number of para-hydroxylation sites is 1. The van der Waals surface area contributed by atoms with E-state index in [-0.39, 0.29) is 37.8 Å². The van der Waals surface area contributed by atoms with E-state index in [1.54, 1.807) is 12.1 Å². The standard InChI is InChI=1S/C14H16FNO5/c15-10-3-1-2-4-11(10)20-7-5-13(17)16-6-8-21-12(9-16)14(18)19/h1-4,12H,5-9H2,(H,18,19). The minimum Gasteiger partial charge on any atom is -0.490 e. The van der Waals surface area contributed by atoms with Gasteiger partial charge in [0.25, 0.3) is 0 Å². The number of carboxylic acid groups (broad SMARTS) is 1. The van der Waals surface area contributed by atoms with Crippen LogP contribution in [0.15, 0.2) is 24.3 Å². The van der Waals surface area contributed by atoms with Crippen molar-refractivity contribution in [2.45, 2.75) is 12.5 Å². The van der Waals surface area contributed by atoms with Crippen LogP contribution in [0.4, 0.5) is 4.39 Å². The Morgan fingerprint density at radius 1 is 1.43 bits per heavy atom. The number of hydrogen-bond donors (Lipinski definition) is 1. The molecule has 0 aliphatic carbocycles. The Labute approximate surface area is 121 Å². The number of hydrogen-bond acceptors (Lipinski definition) is 4. The van der Waals surface area contributed by atoms with Gasteiger partial charge in [-0.1, -0.05) is 12.1 Å². The van der Waals surface area contributed by atoms with Gasteiger partial charge in [-0.3, -0.25) is 4.79 Å². The molecule has 21 heavy (non-hydrogen) atoms. The second kappa shape index (κ2) is 7.03. The summed E-state index contributed by atoms with van der Waals surface area (Å²) < 4.78 is 23.5. The van der Waals surface area contributed by atoms with Crippen LogP contribution in [0.25, 0.3) is 0 Å². The van der Waals surface area contributed by atoms with E-state index < -0.39 is 17.9 Å². The van der Waals surface area contributed by atoms with Gasteiger partial charge in [-0.2, -0.15) is 0 Å². The van der Waals surface area contributed by atoms with Crippen LogP contribution in [0.5, 0.6) is 5.75 Å². The Balaban J connectivity index is 1.79. The molecule has 1 aliphatic rings. The fourth-order valence-corrected chi connectivity index (χ4v) is 1.99. The van der Waals surface area contributed by atoms with Crippen molar-refractivity contribution in [2.24, 2.45) is 0 Å². The van der Waals surface area contributed by atoms with Gasteiger partial charge in [0.05, 0.1) is 26.2 Å². The SMILES string of the molecule is O=C(O)C1CN(C(=O)CCOc2ccccc2F)CCO1. The third-order valence-corrected chi connectivity index (χ3v) is 3.10. The van der Waals surface area contributed by atoms with E-state index in [1.165, 1.54) is 17.0 Å². The molecule has 114 valence electrons. The first-order chi connectivity index (χ1) is 10.1. The van der Waals surface area contributed by atoms with Crippen LogP contribution in [-0.4, -0.2) is 54.3 Å². The summed E-state index contributed by atoms with van der Waals surface area (Å²) in [4.78, 5) is 24.2. The number of carbonyl (C=O) groups is 2. The lowest BCUT2D eigenvalue weighted by Crippen LogP contribution is -2.48. The maximum absolute atomic E-state index is 13.3. The number of morpholine rings is 1. The number of amides is 1. The number of carboxylic acids is 1. The fraction of sp³-hybridized carbons (Fsp3) is 0.429. The van der Waals surface area contributed by atoms with E-state index in [0.29, 0.717) is 6.54 Å². The zero-order valence-electron chi connectivity index (χ0n) is 11.3. The van der Waals surface area contributed by atoms with Crippen LogP contribution in [0.2, 0.25) is 0 Å². The van der Waals surface area contributed by atoms with Crippen LogP contribution < -0.4 is 4.74 Å². The normalized spacial score (nSPS) is 18.3. The molecule has 1 fully saturated rings. The predicted molar refractivity (Wildman–Crippen MR) is 70.5 cm³/mol. The molecule has 1 saturated heterocycles. The molecular formula is C14H16FNO5. The van der Waals surface area contributed by atoms with E-state index in [0.717, 1.165) is 0 Å². The van der Waals surface area contributed by atoms with E-state index in [4.69, 9.17) is 14.6 Å². The molecule has 0 bridgehead atoms. The summed E-state index contributed by atoms with van der Waals surface area (Å²) >= 11 is 0. The van der Waals surface area contributed by atoms with Gasteiger partial charge >= 0.3 is 5.97 Å². The molecule has 0 radical (unpaired) electrons. The van der Waals surface area contributed by atoms with Crippen LogP contribution in [-0.2, 0) is 14.3 Å². The quantitative estimate of drug-likeness (QED) is 0.874. The summed E-state index contributed by atoms with van der Waals surface area (Å²) in [7, 11) is 0. The van der Waals surface area contributed by atoms with Crippen LogP contribution >= 0.6 is 0 Å². The molecule has 7 heteroatoms. The van der Waals surface area contributed by atoms with Gasteiger partial charge < -0.3 is 19.5 Å². The second-order valence-corrected chi connectivity index (χ2v) is 4.57. The number of rotatable bonds is 5. The minimum absolute atomic E-state index is 0.0217. The van der Waals surface area contributed by atoms with Crippen molar-refractivity contribution in [3.8, 4) is 5.75 Å². The van der Waals surface area contributed by atoms with Crippen molar-refractivity contribution in [2.75, 3.05) is 26.3 Å². The van der Waals surface area contributed by atoms with Gasteiger partial charge in [0.15, 0.2) is 17.7 Å². The first kappa shape index (κ1) is 15.2. The molecule has 0 spiro atoms. The first-order valence-corrected chi connectivity index (χ1v) is 6.57. The molecular weight excluding hydrogens is 281 g/mol. The largest absolute Gasteiger partial charge is 0.490 e. The van der Waals surface area contributed by atoms with Gasteiger partial charge in [-0.25, -0.2) is 9.18 Å². The maximum atomic E-state index is 13.3. The molecule has 1 unspecified atom stereocenters. The highest BCUT2D eigenvalue weighted by molar-refractivity contribution is 5.78. The highest BCUT2D eigenvalue weighted by Gasteiger charge is 2.28. The van der Waals surface area contributed by atoms with Gasteiger partial charge in [0.2, 0.25) is 5.91 Å². The van der Waals surface area contributed by atoms with E-state index in [9.17, 15) is 14.0 Å². The van der Waals surface area contributed by atoms with Gasteiger partial charge in [0.1, 0.15) is 0 Å². The molecule has 1 aliphatic heterocycles. The van der Waals surface area contributed by atoms with Crippen LogP contribution in [0, 0.1) is 5.82 Å². The summed E-state index contributed by atoms with van der Waals surface area (Å²) in [5.41, 5.74) is 0. The number of aliphatic carboxylic acids is 1. The smallest absolute Gasteiger partial charge is 0.334 e. The topological polar surface area (TPSA) is 76.1 Å². The third kappa shape index (κ3) is 4.16. The summed E-state index contributed by atoms with van der Waals surface area (Å²) in [6, 6.07) is 5.94. The molecule has 1 N–H and O–H groups in total. The molecule has 1 aromatic rings. The lowest BCUT2D eigenvalue weighted by atomic mass is 10.2. The summed E-state index contributed by atoms with van der Waals surface area (Å²) in [5.74, 6) is -1.71. The number of benzene rings is 1. The van der Waals surface area contributed by atoms with Crippen molar-refractivity contribution < 1.29 is 28.6 Å². The highest BCUT2D eigenvalue weighted by Crippen LogP contribution is 2.15. The molecule has 6 nitrogen and oxygen atoms in total. The molecule has 1 heterocycles. The summed E-state index contributed by atoms with van der Waals surface area (Å²) in [5, 5.41) is 8.86. The number of carbonyl (C=O) groups excluding carboxylic acids is 1. The number of halogens is 1. The monoisotopic (exact) mass is 297 g/mol. The van der Waals surface area contributed by atoms with Gasteiger partial charge in [-0.15, -0.1) is 0 Å². The maximum Gasteiger partial charge on any atom is 0.334 e. The zero-order chi connectivity index (χ0) is 15.2. The number of ether oxygens (including phenoxy) is 2. The van der Waals surface area contributed by atoms with Crippen molar-refractivity contribution in [1.82, 2.24) is 4.90 Å². The first-order valence-electron chi connectivity index (χ1n) is 6.57. The minimum atomic E-state index is -1.09. The predicted octanol–water partition coefficient (Wildman–Crippen LogP) is 0.907. The molecule has 2 rings (SSSR count). The van der Waals surface area contributed by atoms with E-state index in [1.807, 2.05) is 0 Å². The van der Waals surface area contributed by atoms with E-state index in [2.05, 4.69) is 0 Å². The summed E-state index contributed by atoms with van der Waals surface area (Å²) in [6.45, 7) is 0.599. The van der Waals surface area contributed by atoms with E-state index >= 15 is 0 Å². The summed E-state index contributed by atoms with van der Waals surface area (Å²) in [6.07, 6.45) is -0.934. The Hall–Kier alpha value is -2.15. The second-order valence-electron chi connectivity index (χ2n) is 4.57. The average Bonchev–Trinajstić information content (AvgIpc) is 2.49. The average molecular weight is 297 g/mol. The Bertz CT molecular complexity index is 522. The Morgan fingerprint density at radius 3 is 2.90 bits per heavy atom. The molecule has 1 aromatic carbocycles. The van der Waals surface area contributed by atoms with Crippen molar-refractivity contribution in [3.05, 3.63) is 30.1 Å². The zero-order valence-corrected chi connectivity index (χ0v) is 11.3.